The van der Waals surface area contributed by atoms with Crippen LogP contribution in [-0.2, 0) is 19.4 Å². The van der Waals surface area contributed by atoms with Gasteiger partial charge in [0.25, 0.3) is 11.8 Å². The molecule has 2 aromatic heterocycles. The number of aromatic nitrogens is 1. The zero-order valence-electron chi connectivity index (χ0n) is 16.3. The predicted octanol–water partition coefficient (Wildman–Crippen LogP) is 4.51. The molecule has 0 bridgehead atoms. The highest BCUT2D eigenvalue weighted by Gasteiger charge is 2.26. The number of anilines is 1. The van der Waals surface area contributed by atoms with Crippen LogP contribution in [0.2, 0.25) is 0 Å². The van der Waals surface area contributed by atoms with Crippen LogP contribution in [-0.4, -0.2) is 16.8 Å². The second-order valence-electron chi connectivity index (χ2n) is 7.23. The van der Waals surface area contributed by atoms with Gasteiger partial charge in [-0.3, -0.25) is 14.6 Å². The number of benzene rings is 1. The van der Waals surface area contributed by atoms with Crippen LogP contribution in [0.25, 0.3) is 0 Å². The number of nitrogens with zero attached hydrogens (tertiary/aromatic N) is 1. The molecule has 5 nitrogen and oxygen atoms in total. The fourth-order valence-corrected chi connectivity index (χ4v) is 4.95. The van der Waals surface area contributed by atoms with Crippen molar-refractivity contribution in [2.45, 2.75) is 39.2 Å². The number of pyridine rings is 1. The summed E-state index contributed by atoms with van der Waals surface area (Å²) in [6.07, 6.45) is 7.47. The van der Waals surface area contributed by atoms with Crippen LogP contribution in [0.3, 0.4) is 0 Å². The van der Waals surface area contributed by atoms with Gasteiger partial charge in [0.05, 0.1) is 5.56 Å². The number of hydrogen-bond acceptors (Lipinski definition) is 4. The molecule has 29 heavy (non-hydrogen) atoms. The summed E-state index contributed by atoms with van der Waals surface area (Å²) >= 11 is 1.54. The summed E-state index contributed by atoms with van der Waals surface area (Å²) in [6, 6.07) is 11.3. The van der Waals surface area contributed by atoms with Gasteiger partial charge in [-0.2, -0.15) is 0 Å². The van der Waals surface area contributed by atoms with Gasteiger partial charge in [0.2, 0.25) is 0 Å². The van der Waals surface area contributed by atoms with Crippen LogP contribution in [0.15, 0.2) is 48.8 Å². The Morgan fingerprint density at radius 1 is 1.07 bits per heavy atom. The normalized spacial score (nSPS) is 12.9. The van der Waals surface area contributed by atoms with Gasteiger partial charge in [0.1, 0.15) is 5.00 Å². The summed E-state index contributed by atoms with van der Waals surface area (Å²) in [5, 5.41) is 6.65. The molecule has 4 rings (SSSR count). The largest absolute Gasteiger partial charge is 0.348 e. The Morgan fingerprint density at radius 3 is 2.69 bits per heavy atom. The third-order valence-corrected chi connectivity index (χ3v) is 6.40. The average molecular weight is 406 g/mol. The molecular formula is C23H23N3O2S. The van der Waals surface area contributed by atoms with Crippen molar-refractivity contribution in [3.8, 4) is 0 Å². The molecule has 0 fully saturated rings. The number of carbonyl (C=O) groups is 2. The molecule has 0 atom stereocenters. The maximum Gasteiger partial charge on any atom is 0.256 e. The number of carbonyl (C=O) groups excluding carboxylic acids is 2. The smallest absolute Gasteiger partial charge is 0.256 e. The average Bonchev–Trinajstić information content (AvgIpc) is 3.11. The number of aryl methyl sites for hydroxylation is 2. The first-order valence-corrected chi connectivity index (χ1v) is 10.6. The number of hydrogen-bond donors (Lipinski definition) is 2. The Kier molecular flexibility index (Phi) is 5.71. The van der Waals surface area contributed by atoms with E-state index >= 15 is 0 Å². The van der Waals surface area contributed by atoms with Crippen molar-refractivity contribution < 1.29 is 9.59 Å². The minimum atomic E-state index is -0.178. The van der Waals surface area contributed by atoms with E-state index in [0.717, 1.165) is 42.4 Å². The first-order valence-electron chi connectivity index (χ1n) is 9.82. The SMILES string of the molecule is Cc1ccccc1C(=O)Nc1sc2c(c1C(=O)NCc1cccnc1)CCCC2. The molecule has 1 aromatic carbocycles. The van der Waals surface area contributed by atoms with Crippen molar-refractivity contribution in [1.82, 2.24) is 10.3 Å². The third-order valence-electron chi connectivity index (χ3n) is 5.19. The van der Waals surface area contributed by atoms with E-state index in [0.29, 0.717) is 22.7 Å². The van der Waals surface area contributed by atoms with Crippen LogP contribution >= 0.6 is 11.3 Å². The van der Waals surface area contributed by atoms with Crippen LogP contribution in [0.5, 0.6) is 0 Å². The van der Waals surface area contributed by atoms with Gasteiger partial charge in [-0.1, -0.05) is 24.3 Å². The number of thiophene rings is 1. The van der Waals surface area contributed by atoms with E-state index in [1.54, 1.807) is 18.5 Å². The Morgan fingerprint density at radius 2 is 1.90 bits per heavy atom. The first kappa shape index (κ1) is 19.3. The highest BCUT2D eigenvalue weighted by molar-refractivity contribution is 7.17. The van der Waals surface area contributed by atoms with Gasteiger partial charge in [-0.05, 0) is 61.4 Å². The van der Waals surface area contributed by atoms with E-state index in [4.69, 9.17) is 0 Å². The summed E-state index contributed by atoms with van der Waals surface area (Å²) in [7, 11) is 0. The van der Waals surface area contributed by atoms with E-state index < -0.39 is 0 Å². The van der Waals surface area contributed by atoms with Gasteiger partial charge in [0, 0.05) is 29.4 Å². The molecule has 1 aliphatic carbocycles. The molecule has 1 aliphatic rings. The van der Waals surface area contributed by atoms with Gasteiger partial charge in [0.15, 0.2) is 0 Å². The maximum absolute atomic E-state index is 13.1. The molecule has 0 unspecified atom stereocenters. The maximum atomic E-state index is 13.1. The molecule has 0 radical (unpaired) electrons. The summed E-state index contributed by atoms with van der Waals surface area (Å²) in [5.74, 6) is -0.323. The lowest BCUT2D eigenvalue weighted by atomic mass is 9.95. The fraction of sp³-hybridized carbons (Fsp3) is 0.261. The number of rotatable bonds is 5. The van der Waals surface area contributed by atoms with Crippen molar-refractivity contribution in [1.29, 1.82) is 0 Å². The van der Waals surface area contributed by atoms with E-state index in [-0.39, 0.29) is 11.8 Å². The Bertz CT molecular complexity index is 1040. The van der Waals surface area contributed by atoms with Crippen molar-refractivity contribution in [3.63, 3.8) is 0 Å². The van der Waals surface area contributed by atoms with Gasteiger partial charge in [-0.25, -0.2) is 0 Å². The Hall–Kier alpha value is -2.99. The standard InChI is InChI=1S/C23H23N3O2S/c1-15-7-2-3-9-17(15)21(27)26-23-20(18-10-4-5-11-19(18)29-23)22(28)25-14-16-8-6-12-24-13-16/h2-3,6-9,12-13H,4-5,10-11,14H2,1H3,(H,25,28)(H,26,27). The molecule has 0 saturated carbocycles. The molecule has 2 N–H and O–H groups in total. The summed E-state index contributed by atoms with van der Waals surface area (Å²) < 4.78 is 0. The van der Waals surface area contributed by atoms with E-state index in [1.807, 2.05) is 37.3 Å². The molecule has 0 saturated heterocycles. The van der Waals surface area contributed by atoms with Crippen LogP contribution in [0, 0.1) is 6.92 Å². The topological polar surface area (TPSA) is 71.1 Å². The molecule has 148 valence electrons. The molecule has 6 heteroatoms. The van der Waals surface area contributed by atoms with Crippen molar-refractivity contribution >= 4 is 28.2 Å². The number of amides is 2. The molecule has 0 aliphatic heterocycles. The zero-order chi connectivity index (χ0) is 20.2. The predicted molar refractivity (Wildman–Crippen MR) is 116 cm³/mol. The summed E-state index contributed by atoms with van der Waals surface area (Å²) in [4.78, 5) is 31.2. The minimum Gasteiger partial charge on any atom is -0.348 e. The quantitative estimate of drug-likeness (QED) is 0.656. The summed E-state index contributed by atoms with van der Waals surface area (Å²) in [6.45, 7) is 2.32. The van der Waals surface area contributed by atoms with Crippen molar-refractivity contribution in [3.05, 3.63) is 81.5 Å². The highest BCUT2D eigenvalue weighted by atomic mass is 32.1. The molecule has 3 aromatic rings. The lowest BCUT2D eigenvalue weighted by Gasteiger charge is -2.13. The second-order valence-corrected chi connectivity index (χ2v) is 8.33. The lowest BCUT2D eigenvalue weighted by molar-refractivity contribution is 0.0951. The Balaban J connectivity index is 1.60. The van der Waals surface area contributed by atoms with Crippen LogP contribution in [0.4, 0.5) is 5.00 Å². The number of fused-ring (bicyclic) bond motifs is 1. The number of nitrogens with one attached hydrogen (secondary N) is 2. The van der Waals surface area contributed by atoms with Crippen molar-refractivity contribution in [2.24, 2.45) is 0 Å². The second kappa shape index (κ2) is 8.57. The van der Waals surface area contributed by atoms with E-state index in [9.17, 15) is 9.59 Å². The van der Waals surface area contributed by atoms with Crippen LogP contribution < -0.4 is 10.6 Å². The fourth-order valence-electron chi connectivity index (χ4n) is 3.67. The highest BCUT2D eigenvalue weighted by Crippen LogP contribution is 2.38. The third kappa shape index (κ3) is 4.22. The van der Waals surface area contributed by atoms with Crippen LogP contribution in [0.1, 0.15) is 55.1 Å². The molecule has 2 amide bonds. The molecule has 2 heterocycles. The van der Waals surface area contributed by atoms with Crippen molar-refractivity contribution in [2.75, 3.05) is 5.32 Å². The van der Waals surface area contributed by atoms with Gasteiger partial charge >= 0.3 is 0 Å². The molecular weight excluding hydrogens is 382 g/mol. The monoisotopic (exact) mass is 405 g/mol. The molecule has 0 spiro atoms. The van der Waals surface area contributed by atoms with E-state index in [1.165, 1.54) is 16.2 Å². The minimum absolute atomic E-state index is 0.145. The summed E-state index contributed by atoms with van der Waals surface area (Å²) in [5.41, 5.74) is 4.19. The first-order chi connectivity index (χ1) is 14.1. The lowest BCUT2D eigenvalue weighted by Crippen LogP contribution is -2.25. The van der Waals surface area contributed by atoms with E-state index in [2.05, 4.69) is 15.6 Å². The zero-order valence-corrected chi connectivity index (χ0v) is 17.1. The van der Waals surface area contributed by atoms with Gasteiger partial charge in [-0.15, -0.1) is 11.3 Å². The Labute approximate surface area is 174 Å². The van der Waals surface area contributed by atoms with Gasteiger partial charge < -0.3 is 10.6 Å².